The van der Waals surface area contributed by atoms with Crippen molar-refractivity contribution < 1.29 is 24.6 Å². The minimum Gasteiger partial charge on any atom is -0.506 e. The number of rotatable bonds is 6. The smallest absolute Gasteiger partial charge is 0.322 e. The van der Waals surface area contributed by atoms with Gasteiger partial charge in [0, 0.05) is 6.20 Å². The Labute approximate surface area is 161 Å². The van der Waals surface area contributed by atoms with Crippen LogP contribution >= 0.6 is 22.9 Å². The molecule has 1 aromatic heterocycles. The number of hydrogen-bond acceptors (Lipinski definition) is 5. The summed E-state index contributed by atoms with van der Waals surface area (Å²) >= 11 is 1.56. The molecule has 0 atom stereocenters. The number of nitrogens with one attached hydrogen (secondary N) is 2. The standard InChI is InChI=1S/C16H14IN3O6/c17-19-14(24)10-8-20(7-9-4-2-1-3-5-9)16(26)12(13(10)23)15(25)18-6-11(21)22/h1-5,8,23H,6-7H2,(H,18,25)(H,19,24)(H,21,22). The molecule has 0 saturated heterocycles. The third-order valence-corrected chi connectivity index (χ3v) is 3.89. The summed E-state index contributed by atoms with van der Waals surface area (Å²) in [4.78, 5) is 47.4. The van der Waals surface area contributed by atoms with Crippen LogP contribution in [0.25, 0.3) is 0 Å². The first-order valence-corrected chi connectivity index (χ1v) is 8.34. The van der Waals surface area contributed by atoms with Crippen LogP contribution in [0.1, 0.15) is 26.3 Å². The zero-order valence-electron chi connectivity index (χ0n) is 13.2. The first kappa shape index (κ1) is 19.4. The number of carboxylic acid groups (broad SMARTS) is 1. The maximum Gasteiger partial charge on any atom is 0.322 e. The number of benzene rings is 1. The Hall–Kier alpha value is -2.89. The lowest BCUT2D eigenvalue weighted by Crippen LogP contribution is -2.36. The van der Waals surface area contributed by atoms with Crippen molar-refractivity contribution in [2.45, 2.75) is 6.54 Å². The molecule has 4 N–H and O–H groups in total. The molecule has 0 radical (unpaired) electrons. The van der Waals surface area contributed by atoms with Crippen molar-refractivity contribution in [2.75, 3.05) is 6.54 Å². The predicted octanol–water partition coefficient (Wildman–Crippen LogP) is 0.496. The maximum atomic E-state index is 12.6. The Morgan fingerprint density at radius 3 is 2.35 bits per heavy atom. The summed E-state index contributed by atoms with van der Waals surface area (Å²) in [6, 6.07) is 8.82. The van der Waals surface area contributed by atoms with Gasteiger partial charge in [-0.1, -0.05) is 30.3 Å². The van der Waals surface area contributed by atoms with Gasteiger partial charge in [0.2, 0.25) is 0 Å². The highest BCUT2D eigenvalue weighted by Crippen LogP contribution is 2.20. The molecule has 1 heterocycles. The number of halogens is 1. The van der Waals surface area contributed by atoms with E-state index in [0.717, 1.165) is 16.3 Å². The van der Waals surface area contributed by atoms with Crippen molar-refractivity contribution in [1.82, 2.24) is 13.4 Å². The van der Waals surface area contributed by atoms with E-state index in [0.29, 0.717) is 0 Å². The molecule has 0 unspecified atom stereocenters. The van der Waals surface area contributed by atoms with Crippen molar-refractivity contribution in [1.29, 1.82) is 0 Å². The van der Waals surface area contributed by atoms with Crippen LogP contribution in [0.15, 0.2) is 41.3 Å². The number of hydrogen-bond donors (Lipinski definition) is 4. The molecular formula is C16H14IN3O6. The van der Waals surface area contributed by atoms with Gasteiger partial charge in [0.25, 0.3) is 17.4 Å². The molecule has 26 heavy (non-hydrogen) atoms. The van der Waals surface area contributed by atoms with Crippen LogP contribution < -0.4 is 14.4 Å². The zero-order valence-corrected chi connectivity index (χ0v) is 15.4. The molecule has 0 bridgehead atoms. The first-order valence-electron chi connectivity index (χ1n) is 7.26. The highest BCUT2D eigenvalue weighted by atomic mass is 127. The number of carbonyl (C=O) groups excluding carboxylic acids is 2. The Kier molecular flexibility index (Phi) is 6.33. The minimum absolute atomic E-state index is 0.0562. The molecule has 1 aromatic carbocycles. The lowest BCUT2D eigenvalue weighted by Gasteiger charge is -2.13. The number of aromatic hydroxyl groups is 1. The van der Waals surface area contributed by atoms with E-state index in [1.54, 1.807) is 53.2 Å². The SMILES string of the molecule is O=C(O)CNC(=O)c1c(O)c(C(=O)NI)cn(Cc2ccccc2)c1=O. The molecule has 0 spiro atoms. The summed E-state index contributed by atoms with van der Waals surface area (Å²) in [5.74, 6) is -3.92. The number of carbonyl (C=O) groups is 3. The quantitative estimate of drug-likeness (QED) is 0.358. The molecule has 2 aromatic rings. The van der Waals surface area contributed by atoms with E-state index < -0.39 is 41.2 Å². The van der Waals surface area contributed by atoms with Gasteiger partial charge in [0.15, 0.2) is 0 Å². The molecular weight excluding hydrogens is 457 g/mol. The van der Waals surface area contributed by atoms with Crippen LogP contribution in [0.4, 0.5) is 0 Å². The van der Waals surface area contributed by atoms with E-state index in [2.05, 4.69) is 3.53 Å². The lowest BCUT2D eigenvalue weighted by molar-refractivity contribution is -0.135. The summed E-state index contributed by atoms with van der Waals surface area (Å²) in [6.45, 7) is -0.681. The van der Waals surface area contributed by atoms with Crippen LogP contribution in [-0.2, 0) is 11.3 Å². The van der Waals surface area contributed by atoms with Crippen molar-refractivity contribution in [2.24, 2.45) is 0 Å². The molecule has 2 rings (SSSR count). The maximum absolute atomic E-state index is 12.6. The van der Waals surface area contributed by atoms with Crippen LogP contribution in [-0.4, -0.2) is 39.1 Å². The van der Waals surface area contributed by atoms with Crippen molar-refractivity contribution >= 4 is 40.6 Å². The summed E-state index contributed by atoms with van der Waals surface area (Å²) in [5.41, 5.74) is -1.09. The van der Waals surface area contributed by atoms with Gasteiger partial charge in [-0.3, -0.25) is 22.7 Å². The Morgan fingerprint density at radius 1 is 1.12 bits per heavy atom. The number of pyridine rings is 1. The van der Waals surface area contributed by atoms with Gasteiger partial charge in [-0.2, -0.15) is 0 Å². The fourth-order valence-electron chi connectivity index (χ4n) is 2.22. The topological polar surface area (TPSA) is 138 Å². The van der Waals surface area contributed by atoms with E-state index in [1.165, 1.54) is 0 Å². The second-order valence-electron chi connectivity index (χ2n) is 5.19. The average Bonchev–Trinajstić information content (AvgIpc) is 2.62. The van der Waals surface area contributed by atoms with E-state index >= 15 is 0 Å². The average molecular weight is 471 g/mol. The first-order chi connectivity index (χ1) is 12.3. The summed E-state index contributed by atoms with van der Waals surface area (Å²) in [6.07, 6.45) is 1.15. The second kappa shape index (κ2) is 8.47. The predicted molar refractivity (Wildman–Crippen MR) is 99.4 cm³/mol. The van der Waals surface area contributed by atoms with Gasteiger partial charge in [-0.05, 0) is 5.56 Å². The van der Waals surface area contributed by atoms with E-state index in [9.17, 15) is 24.3 Å². The minimum atomic E-state index is -1.32. The normalized spacial score (nSPS) is 10.2. The molecule has 0 aliphatic rings. The van der Waals surface area contributed by atoms with Crippen molar-refractivity contribution in [3.05, 3.63) is 63.6 Å². The Balaban J connectivity index is 2.56. The summed E-state index contributed by atoms with van der Waals surface area (Å²) in [5, 5.41) is 20.9. The molecule has 0 fully saturated rings. The largest absolute Gasteiger partial charge is 0.506 e. The zero-order chi connectivity index (χ0) is 19.3. The highest BCUT2D eigenvalue weighted by molar-refractivity contribution is 14.1. The van der Waals surface area contributed by atoms with Gasteiger partial charge in [0.05, 0.1) is 35.0 Å². The van der Waals surface area contributed by atoms with Crippen molar-refractivity contribution in [3.8, 4) is 5.75 Å². The second-order valence-corrected chi connectivity index (χ2v) is 5.72. The number of carboxylic acids is 1. The van der Waals surface area contributed by atoms with Gasteiger partial charge in [-0.25, -0.2) is 0 Å². The van der Waals surface area contributed by atoms with E-state index in [1.807, 2.05) is 5.32 Å². The lowest BCUT2D eigenvalue weighted by atomic mass is 10.1. The third kappa shape index (κ3) is 4.39. The number of nitrogens with zero attached hydrogens (tertiary/aromatic N) is 1. The fraction of sp³-hybridized carbons (Fsp3) is 0.125. The fourth-order valence-corrected chi connectivity index (χ4v) is 2.51. The number of amides is 2. The van der Waals surface area contributed by atoms with Gasteiger partial charge in [-0.15, -0.1) is 0 Å². The molecule has 2 amide bonds. The van der Waals surface area contributed by atoms with Crippen LogP contribution in [0.3, 0.4) is 0 Å². The number of aromatic nitrogens is 1. The molecule has 0 aliphatic carbocycles. The molecule has 0 aliphatic heterocycles. The Bertz CT molecular complexity index is 910. The highest BCUT2D eigenvalue weighted by Gasteiger charge is 2.25. The van der Waals surface area contributed by atoms with E-state index in [4.69, 9.17) is 5.11 Å². The van der Waals surface area contributed by atoms with Gasteiger partial charge in [0.1, 0.15) is 17.9 Å². The van der Waals surface area contributed by atoms with Crippen molar-refractivity contribution in [3.63, 3.8) is 0 Å². The number of aliphatic carboxylic acids is 1. The van der Waals surface area contributed by atoms with Gasteiger partial charge < -0.3 is 20.1 Å². The molecule has 136 valence electrons. The van der Waals surface area contributed by atoms with Crippen LogP contribution in [0.5, 0.6) is 5.75 Å². The monoisotopic (exact) mass is 471 g/mol. The van der Waals surface area contributed by atoms with Crippen LogP contribution in [0.2, 0.25) is 0 Å². The molecule has 9 nitrogen and oxygen atoms in total. The Morgan fingerprint density at radius 2 is 1.77 bits per heavy atom. The molecule has 0 saturated carbocycles. The molecule has 10 heteroatoms. The summed E-state index contributed by atoms with van der Waals surface area (Å²) < 4.78 is 3.38. The third-order valence-electron chi connectivity index (χ3n) is 3.41. The van der Waals surface area contributed by atoms with Crippen LogP contribution in [0, 0.1) is 0 Å². The van der Waals surface area contributed by atoms with Gasteiger partial charge >= 0.3 is 5.97 Å². The summed E-state index contributed by atoms with van der Waals surface area (Å²) in [7, 11) is 0. The van der Waals surface area contributed by atoms with E-state index in [-0.39, 0.29) is 12.1 Å².